The van der Waals surface area contributed by atoms with Gasteiger partial charge in [0.05, 0.1) is 12.5 Å². The van der Waals surface area contributed by atoms with Crippen LogP contribution in [0.1, 0.15) is 58.8 Å². The van der Waals surface area contributed by atoms with Crippen LogP contribution in [0.2, 0.25) is 0 Å². The van der Waals surface area contributed by atoms with Gasteiger partial charge in [-0.25, -0.2) is 0 Å². The zero-order valence-corrected chi connectivity index (χ0v) is 10.1. The molecule has 0 bridgehead atoms. The van der Waals surface area contributed by atoms with Gasteiger partial charge in [-0.3, -0.25) is 4.79 Å². The van der Waals surface area contributed by atoms with E-state index >= 15 is 0 Å². The van der Waals surface area contributed by atoms with E-state index in [9.17, 15) is 4.79 Å². The summed E-state index contributed by atoms with van der Waals surface area (Å²) in [6, 6.07) is 0. The van der Waals surface area contributed by atoms with Crippen molar-refractivity contribution in [3.63, 3.8) is 0 Å². The lowest BCUT2D eigenvalue weighted by atomic mass is 9.80. The molecule has 0 aromatic heterocycles. The van der Waals surface area contributed by atoms with Crippen LogP contribution in [0.5, 0.6) is 0 Å². The summed E-state index contributed by atoms with van der Waals surface area (Å²) >= 11 is 0. The second-order valence-electron chi connectivity index (χ2n) is 4.61. The van der Waals surface area contributed by atoms with Gasteiger partial charge in [-0.05, 0) is 38.5 Å². The molecule has 0 saturated heterocycles. The molecule has 0 N–H and O–H groups in total. The van der Waals surface area contributed by atoms with Gasteiger partial charge >= 0.3 is 5.97 Å². The molecule has 0 amide bonds. The Labute approximate surface area is 93.4 Å². The van der Waals surface area contributed by atoms with E-state index in [1.165, 1.54) is 32.1 Å². The lowest BCUT2D eigenvalue weighted by Gasteiger charge is -2.26. The first-order valence-electron chi connectivity index (χ1n) is 6.44. The van der Waals surface area contributed by atoms with Crippen molar-refractivity contribution in [3.05, 3.63) is 0 Å². The fourth-order valence-corrected chi connectivity index (χ4v) is 2.44. The number of unbranched alkanes of at least 4 members (excludes halogenated alkanes) is 1. The Morgan fingerprint density at radius 3 is 2.40 bits per heavy atom. The van der Waals surface area contributed by atoms with E-state index in [0.29, 0.717) is 6.61 Å². The summed E-state index contributed by atoms with van der Waals surface area (Å²) in [4.78, 5) is 11.5. The lowest BCUT2D eigenvalue weighted by molar-refractivity contribution is -0.149. The molecule has 88 valence electrons. The molecule has 1 fully saturated rings. The normalized spacial score (nSPS) is 26.3. The number of ether oxygens (including phenoxy) is 1. The van der Waals surface area contributed by atoms with Crippen LogP contribution in [0.3, 0.4) is 0 Å². The number of carbonyl (C=O) groups is 1. The molecule has 2 nitrogen and oxygen atoms in total. The maximum Gasteiger partial charge on any atom is 0.308 e. The molecule has 1 aliphatic carbocycles. The Morgan fingerprint density at radius 1 is 1.20 bits per heavy atom. The van der Waals surface area contributed by atoms with Crippen LogP contribution < -0.4 is 0 Å². The smallest absolute Gasteiger partial charge is 0.308 e. The van der Waals surface area contributed by atoms with Gasteiger partial charge in [0, 0.05) is 0 Å². The first-order valence-corrected chi connectivity index (χ1v) is 6.44. The van der Waals surface area contributed by atoms with Crippen molar-refractivity contribution in [2.24, 2.45) is 11.8 Å². The van der Waals surface area contributed by atoms with Crippen LogP contribution in [-0.2, 0) is 9.53 Å². The summed E-state index contributed by atoms with van der Waals surface area (Å²) in [6.45, 7) is 4.64. The number of esters is 1. The summed E-state index contributed by atoms with van der Waals surface area (Å²) in [5.74, 6) is 1.10. The summed E-state index contributed by atoms with van der Waals surface area (Å²) < 4.78 is 5.06. The zero-order chi connectivity index (χ0) is 11.1. The number of hydrogen-bond donors (Lipinski definition) is 0. The SMILES string of the molecule is CCCC[C@H]1CC[C@@H](C(=O)OCC)CC1. The molecule has 15 heavy (non-hydrogen) atoms. The van der Waals surface area contributed by atoms with E-state index in [4.69, 9.17) is 4.74 Å². The minimum Gasteiger partial charge on any atom is -0.466 e. The molecule has 0 spiro atoms. The molecule has 0 unspecified atom stereocenters. The van der Waals surface area contributed by atoms with Crippen LogP contribution >= 0.6 is 0 Å². The highest BCUT2D eigenvalue weighted by Crippen LogP contribution is 2.32. The zero-order valence-electron chi connectivity index (χ0n) is 10.1. The van der Waals surface area contributed by atoms with Gasteiger partial charge in [0.15, 0.2) is 0 Å². The first-order chi connectivity index (χ1) is 7.27. The lowest BCUT2D eigenvalue weighted by Crippen LogP contribution is -2.23. The molecule has 0 aromatic carbocycles. The van der Waals surface area contributed by atoms with Gasteiger partial charge in [-0.15, -0.1) is 0 Å². The Morgan fingerprint density at radius 2 is 1.87 bits per heavy atom. The quantitative estimate of drug-likeness (QED) is 0.651. The van der Waals surface area contributed by atoms with Crippen LogP contribution in [0.25, 0.3) is 0 Å². The van der Waals surface area contributed by atoms with E-state index in [1.54, 1.807) is 0 Å². The maximum atomic E-state index is 11.5. The van der Waals surface area contributed by atoms with Gasteiger partial charge in [0.25, 0.3) is 0 Å². The average molecular weight is 212 g/mol. The molecule has 0 aliphatic heterocycles. The molecule has 1 aliphatic rings. The van der Waals surface area contributed by atoms with Gasteiger partial charge in [0.1, 0.15) is 0 Å². The van der Waals surface area contributed by atoms with E-state index in [1.807, 2.05) is 6.92 Å². The minimum absolute atomic E-state index is 0.0337. The molecule has 0 atom stereocenters. The average Bonchev–Trinajstić information content (AvgIpc) is 2.27. The molecule has 0 heterocycles. The first kappa shape index (κ1) is 12.5. The Bertz CT molecular complexity index is 181. The summed E-state index contributed by atoms with van der Waals surface area (Å²) in [5, 5.41) is 0. The fourth-order valence-electron chi connectivity index (χ4n) is 2.44. The fraction of sp³-hybridized carbons (Fsp3) is 0.923. The number of carbonyl (C=O) groups excluding carboxylic acids is 1. The highest BCUT2D eigenvalue weighted by Gasteiger charge is 2.26. The molecular weight excluding hydrogens is 188 g/mol. The van der Waals surface area contributed by atoms with Crippen molar-refractivity contribution in [2.75, 3.05) is 6.61 Å². The van der Waals surface area contributed by atoms with Gasteiger partial charge in [-0.2, -0.15) is 0 Å². The van der Waals surface area contributed by atoms with Crippen molar-refractivity contribution in [1.82, 2.24) is 0 Å². The predicted octanol–water partition coefficient (Wildman–Crippen LogP) is 3.55. The van der Waals surface area contributed by atoms with Crippen molar-refractivity contribution in [2.45, 2.75) is 58.8 Å². The Hall–Kier alpha value is -0.530. The van der Waals surface area contributed by atoms with E-state index in [-0.39, 0.29) is 11.9 Å². The van der Waals surface area contributed by atoms with Crippen molar-refractivity contribution in [1.29, 1.82) is 0 Å². The van der Waals surface area contributed by atoms with Crippen molar-refractivity contribution < 1.29 is 9.53 Å². The van der Waals surface area contributed by atoms with Crippen LogP contribution in [0.15, 0.2) is 0 Å². The molecular formula is C13H24O2. The van der Waals surface area contributed by atoms with Gasteiger partial charge < -0.3 is 4.74 Å². The third-order valence-electron chi connectivity index (χ3n) is 3.43. The highest BCUT2D eigenvalue weighted by atomic mass is 16.5. The third-order valence-corrected chi connectivity index (χ3v) is 3.43. The Balaban J connectivity index is 2.20. The van der Waals surface area contributed by atoms with Crippen LogP contribution in [-0.4, -0.2) is 12.6 Å². The molecule has 0 radical (unpaired) electrons. The highest BCUT2D eigenvalue weighted by molar-refractivity contribution is 5.72. The summed E-state index contributed by atoms with van der Waals surface area (Å²) in [5.41, 5.74) is 0. The molecule has 0 aromatic rings. The second kappa shape index (κ2) is 6.86. The molecule has 1 saturated carbocycles. The van der Waals surface area contributed by atoms with Gasteiger partial charge in [-0.1, -0.05) is 26.2 Å². The van der Waals surface area contributed by atoms with Crippen molar-refractivity contribution >= 4 is 5.97 Å². The van der Waals surface area contributed by atoms with Crippen molar-refractivity contribution in [3.8, 4) is 0 Å². The maximum absolute atomic E-state index is 11.5. The largest absolute Gasteiger partial charge is 0.466 e. The standard InChI is InChI=1S/C13H24O2/c1-3-5-6-11-7-9-12(10-8-11)13(14)15-4-2/h11-12H,3-10H2,1-2H3/t11-,12+. The number of rotatable bonds is 5. The predicted molar refractivity (Wildman–Crippen MR) is 61.6 cm³/mol. The second-order valence-corrected chi connectivity index (χ2v) is 4.61. The van der Waals surface area contributed by atoms with E-state index in [2.05, 4.69) is 6.92 Å². The molecule has 2 heteroatoms. The van der Waals surface area contributed by atoms with Crippen LogP contribution in [0.4, 0.5) is 0 Å². The van der Waals surface area contributed by atoms with E-state index < -0.39 is 0 Å². The van der Waals surface area contributed by atoms with Gasteiger partial charge in [0.2, 0.25) is 0 Å². The summed E-state index contributed by atoms with van der Waals surface area (Å²) in [7, 11) is 0. The van der Waals surface area contributed by atoms with Crippen LogP contribution in [0, 0.1) is 11.8 Å². The monoisotopic (exact) mass is 212 g/mol. The summed E-state index contributed by atoms with van der Waals surface area (Å²) in [6.07, 6.45) is 8.53. The van der Waals surface area contributed by atoms with E-state index in [0.717, 1.165) is 18.8 Å². The Kier molecular flexibility index (Phi) is 5.74. The minimum atomic E-state index is 0.0337. The third kappa shape index (κ3) is 4.23. The topological polar surface area (TPSA) is 26.3 Å². The molecule has 1 rings (SSSR count). The number of hydrogen-bond acceptors (Lipinski definition) is 2.